The first kappa shape index (κ1) is 14.8. The molecule has 0 spiro atoms. The number of aromatic nitrogens is 2. The Labute approximate surface area is 122 Å². The van der Waals surface area contributed by atoms with Gasteiger partial charge in [0.25, 0.3) is 5.91 Å². The van der Waals surface area contributed by atoms with E-state index < -0.39 is 5.97 Å². The van der Waals surface area contributed by atoms with E-state index in [-0.39, 0.29) is 18.4 Å². The average molecular weight is 287 g/mol. The van der Waals surface area contributed by atoms with Crippen LogP contribution in [-0.4, -0.2) is 27.2 Å². The number of hydrogen-bond acceptors (Lipinski definition) is 3. The van der Waals surface area contributed by atoms with Crippen molar-refractivity contribution >= 4 is 11.9 Å². The number of aromatic amines is 1. The van der Waals surface area contributed by atoms with Crippen LogP contribution in [-0.2, 0) is 4.79 Å². The van der Waals surface area contributed by atoms with E-state index in [0.29, 0.717) is 12.1 Å². The molecule has 1 amide bonds. The summed E-state index contributed by atoms with van der Waals surface area (Å²) in [7, 11) is 0. The molecule has 0 saturated carbocycles. The predicted molar refractivity (Wildman–Crippen MR) is 76.8 cm³/mol. The van der Waals surface area contributed by atoms with Gasteiger partial charge < -0.3 is 10.4 Å². The number of carboxylic acids is 1. The third-order valence-electron chi connectivity index (χ3n) is 3.09. The number of rotatable bonds is 6. The summed E-state index contributed by atoms with van der Waals surface area (Å²) in [5.41, 5.74) is 1.96. The Morgan fingerprint density at radius 2 is 2.05 bits per heavy atom. The van der Waals surface area contributed by atoms with Crippen molar-refractivity contribution in [1.82, 2.24) is 15.5 Å². The molecule has 110 valence electrons. The van der Waals surface area contributed by atoms with Gasteiger partial charge in [-0.25, -0.2) is 0 Å². The Kier molecular flexibility index (Phi) is 4.71. The van der Waals surface area contributed by atoms with Crippen molar-refractivity contribution in [2.75, 3.05) is 0 Å². The largest absolute Gasteiger partial charge is 0.481 e. The summed E-state index contributed by atoms with van der Waals surface area (Å²) in [5.74, 6) is -1.21. The van der Waals surface area contributed by atoms with E-state index in [1.54, 1.807) is 6.07 Å². The maximum absolute atomic E-state index is 12.1. The summed E-state index contributed by atoms with van der Waals surface area (Å²) in [6.45, 7) is 1.81. The number of benzene rings is 1. The number of H-pyrrole nitrogens is 1. The lowest BCUT2D eigenvalue weighted by Crippen LogP contribution is -2.29. The van der Waals surface area contributed by atoms with Crippen LogP contribution in [0.25, 0.3) is 0 Å². The SMILES string of the molecule is Cc1cc(C(=O)N[C@H](CCC(=O)O)c2ccccc2)n[nH]1. The van der Waals surface area contributed by atoms with Crippen LogP contribution in [0.15, 0.2) is 36.4 Å². The van der Waals surface area contributed by atoms with E-state index in [1.807, 2.05) is 37.3 Å². The van der Waals surface area contributed by atoms with Crippen LogP contribution in [0.3, 0.4) is 0 Å². The molecular formula is C15H17N3O3. The highest BCUT2D eigenvalue weighted by molar-refractivity contribution is 5.92. The van der Waals surface area contributed by atoms with Gasteiger partial charge in [-0.05, 0) is 25.0 Å². The lowest BCUT2D eigenvalue weighted by molar-refractivity contribution is -0.137. The van der Waals surface area contributed by atoms with Gasteiger partial charge in [-0.3, -0.25) is 14.7 Å². The molecule has 1 heterocycles. The first-order valence-electron chi connectivity index (χ1n) is 6.66. The summed E-state index contributed by atoms with van der Waals surface area (Å²) in [6.07, 6.45) is 0.313. The standard InChI is InChI=1S/C15H17N3O3/c1-10-9-13(18-17-10)15(21)16-12(7-8-14(19)20)11-5-3-2-4-6-11/h2-6,9,12H,7-8H2,1H3,(H,16,21)(H,17,18)(H,19,20)/t12-/m1/s1. The van der Waals surface area contributed by atoms with Crippen LogP contribution >= 0.6 is 0 Å². The van der Waals surface area contributed by atoms with Crippen molar-refractivity contribution in [1.29, 1.82) is 0 Å². The van der Waals surface area contributed by atoms with Crippen molar-refractivity contribution in [3.63, 3.8) is 0 Å². The Morgan fingerprint density at radius 1 is 1.33 bits per heavy atom. The van der Waals surface area contributed by atoms with Gasteiger partial charge in [-0.15, -0.1) is 0 Å². The second-order valence-corrected chi connectivity index (χ2v) is 4.81. The first-order chi connectivity index (χ1) is 10.1. The molecule has 0 unspecified atom stereocenters. The zero-order valence-corrected chi connectivity index (χ0v) is 11.7. The molecule has 0 saturated heterocycles. The zero-order chi connectivity index (χ0) is 15.2. The smallest absolute Gasteiger partial charge is 0.303 e. The number of hydrogen-bond donors (Lipinski definition) is 3. The van der Waals surface area contributed by atoms with E-state index in [4.69, 9.17) is 5.11 Å². The minimum Gasteiger partial charge on any atom is -0.481 e. The highest BCUT2D eigenvalue weighted by Gasteiger charge is 2.18. The molecule has 2 aromatic rings. The number of nitrogens with one attached hydrogen (secondary N) is 2. The minimum absolute atomic E-state index is 0.0145. The lowest BCUT2D eigenvalue weighted by atomic mass is 10.0. The molecular weight excluding hydrogens is 270 g/mol. The molecule has 0 fully saturated rings. The number of nitrogens with zero attached hydrogens (tertiary/aromatic N) is 1. The second-order valence-electron chi connectivity index (χ2n) is 4.81. The topological polar surface area (TPSA) is 95.1 Å². The third-order valence-corrected chi connectivity index (χ3v) is 3.09. The molecule has 6 heteroatoms. The maximum Gasteiger partial charge on any atom is 0.303 e. The summed E-state index contributed by atoms with van der Waals surface area (Å²) >= 11 is 0. The number of aliphatic carboxylic acids is 1. The van der Waals surface area contributed by atoms with E-state index in [2.05, 4.69) is 15.5 Å². The van der Waals surface area contributed by atoms with Gasteiger partial charge in [-0.2, -0.15) is 5.10 Å². The Balaban J connectivity index is 2.12. The summed E-state index contributed by atoms with van der Waals surface area (Å²) in [6, 6.07) is 10.6. The van der Waals surface area contributed by atoms with Crippen LogP contribution < -0.4 is 5.32 Å². The molecule has 1 atom stereocenters. The van der Waals surface area contributed by atoms with Crippen molar-refractivity contribution < 1.29 is 14.7 Å². The van der Waals surface area contributed by atoms with Crippen LogP contribution in [0.4, 0.5) is 0 Å². The lowest BCUT2D eigenvalue weighted by Gasteiger charge is -2.17. The van der Waals surface area contributed by atoms with Crippen LogP contribution in [0.5, 0.6) is 0 Å². The van der Waals surface area contributed by atoms with Gasteiger partial charge in [0.1, 0.15) is 5.69 Å². The number of carbonyl (C=O) groups is 2. The van der Waals surface area contributed by atoms with Crippen molar-refractivity contribution in [3.8, 4) is 0 Å². The van der Waals surface area contributed by atoms with Gasteiger partial charge in [0, 0.05) is 12.1 Å². The summed E-state index contributed by atoms with van der Waals surface area (Å²) < 4.78 is 0. The molecule has 0 aliphatic rings. The van der Waals surface area contributed by atoms with Crippen molar-refractivity contribution in [3.05, 3.63) is 53.3 Å². The van der Waals surface area contributed by atoms with Gasteiger partial charge in [0.15, 0.2) is 0 Å². The quantitative estimate of drug-likeness (QED) is 0.757. The number of aryl methyl sites for hydroxylation is 1. The van der Waals surface area contributed by atoms with E-state index in [9.17, 15) is 9.59 Å². The molecule has 0 aliphatic heterocycles. The van der Waals surface area contributed by atoms with Crippen LogP contribution in [0, 0.1) is 6.92 Å². The van der Waals surface area contributed by atoms with Crippen LogP contribution in [0.2, 0.25) is 0 Å². The van der Waals surface area contributed by atoms with Gasteiger partial charge in [-0.1, -0.05) is 30.3 Å². The predicted octanol–water partition coefficient (Wildman–Crippen LogP) is 2.05. The fourth-order valence-corrected chi connectivity index (χ4v) is 2.04. The molecule has 2 rings (SSSR count). The molecule has 0 bridgehead atoms. The Hall–Kier alpha value is -2.63. The second kappa shape index (κ2) is 6.69. The molecule has 3 N–H and O–H groups in total. The molecule has 0 aliphatic carbocycles. The number of carbonyl (C=O) groups excluding carboxylic acids is 1. The molecule has 6 nitrogen and oxygen atoms in total. The van der Waals surface area contributed by atoms with E-state index in [0.717, 1.165) is 11.3 Å². The highest BCUT2D eigenvalue weighted by Crippen LogP contribution is 2.19. The number of amides is 1. The van der Waals surface area contributed by atoms with Gasteiger partial charge >= 0.3 is 5.97 Å². The Morgan fingerprint density at radius 3 is 2.62 bits per heavy atom. The van der Waals surface area contributed by atoms with Gasteiger partial charge in [0.05, 0.1) is 6.04 Å². The highest BCUT2D eigenvalue weighted by atomic mass is 16.4. The maximum atomic E-state index is 12.1. The van der Waals surface area contributed by atoms with Crippen molar-refractivity contribution in [2.24, 2.45) is 0 Å². The summed E-state index contributed by atoms with van der Waals surface area (Å²) in [5, 5.41) is 18.3. The van der Waals surface area contributed by atoms with Gasteiger partial charge in [0.2, 0.25) is 0 Å². The fourth-order valence-electron chi connectivity index (χ4n) is 2.04. The third kappa shape index (κ3) is 4.17. The molecule has 0 radical (unpaired) electrons. The minimum atomic E-state index is -0.888. The van der Waals surface area contributed by atoms with E-state index >= 15 is 0 Å². The van der Waals surface area contributed by atoms with Crippen molar-refractivity contribution in [2.45, 2.75) is 25.8 Å². The van der Waals surface area contributed by atoms with E-state index in [1.165, 1.54) is 0 Å². The Bertz CT molecular complexity index is 622. The number of carboxylic acid groups (broad SMARTS) is 1. The fraction of sp³-hybridized carbons (Fsp3) is 0.267. The zero-order valence-electron chi connectivity index (χ0n) is 11.7. The summed E-state index contributed by atoms with van der Waals surface area (Å²) in [4.78, 5) is 22.9. The normalized spacial score (nSPS) is 11.9. The monoisotopic (exact) mass is 287 g/mol. The van der Waals surface area contributed by atoms with Crippen LogP contribution in [0.1, 0.15) is 40.6 Å². The molecule has 1 aromatic heterocycles. The first-order valence-corrected chi connectivity index (χ1v) is 6.66. The molecule has 21 heavy (non-hydrogen) atoms. The average Bonchev–Trinajstić information content (AvgIpc) is 2.90. The molecule has 1 aromatic carbocycles.